The zero-order valence-corrected chi connectivity index (χ0v) is 30.3. The van der Waals surface area contributed by atoms with Crippen LogP contribution in [0.15, 0.2) is 73.3 Å². The number of ether oxygens (including phenoxy) is 3. The Bertz CT molecular complexity index is 1980. The summed E-state index contributed by atoms with van der Waals surface area (Å²) in [5, 5.41) is 29.8. The summed E-state index contributed by atoms with van der Waals surface area (Å²) in [6.45, 7) is 9.16. The molecule has 3 heterocycles. The molecule has 1 atom stereocenters. The van der Waals surface area contributed by atoms with Crippen molar-refractivity contribution in [3.05, 3.63) is 118 Å². The Morgan fingerprint density at radius 3 is 2.60 bits per heavy atom. The van der Waals surface area contributed by atoms with E-state index in [0.29, 0.717) is 54.8 Å². The minimum atomic E-state index is -0.202. The second-order valence-corrected chi connectivity index (χ2v) is 13.4. The summed E-state index contributed by atoms with van der Waals surface area (Å²) in [5.74, 6) is 2.80. The van der Waals surface area contributed by atoms with Gasteiger partial charge in [-0.3, -0.25) is 10.1 Å². The first kappa shape index (κ1) is 36.8. The van der Waals surface area contributed by atoms with Crippen molar-refractivity contribution < 1.29 is 19.3 Å². The molecular weight excluding hydrogens is 678 g/mol. The normalized spacial score (nSPS) is 14.3. The summed E-state index contributed by atoms with van der Waals surface area (Å²) >= 11 is 6.81. The Morgan fingerprint density at radius 1 is 0.981 bits per heavy atom. The van der Waals surface area contributed by atoms with E-state index in [2.05, 4.69) is 68.5 Å². The number of nitrogens with zero attached hydrogens (tertiary/aromatic N) is 5. The van der Waals surface area contributed by atoms with E-state index >= 15 is 0 Å². The van der Waals surface area contributed by atoms with Gasteiger partial charge in [0.25, 0.3) is 0 Å². The predicted octanol–water partition coefficient (Wildman–Crippen LogP) is 6.33. The third-order valence-corrected chi connectivity index (χ3v) is 9.57. The highest BCUT2D eigenvalue weighted by Crippen LogP contribution is 2.36. The molecule has 6 rings (SSSR count). The van der Waals surface area contributed by atoms with Gasteiger partial charge in [0.15, 0.2) is 0 Å². The van der Waals surface area contributed by atoms with E-state index in [1.54, 1.807) is 12.3 Å². The summed E-state index contributed by atoms with van der Waals surface area (Å²) in [5.41, 5.74) is 7.58. The molecule has 12 heteroatoms. The van der Waals surface area contributed by atoms with Gasteiger partial charge in [0, 0.05) is 68.7 Å². The number of aromatic nitrogens is 4. The Labute approximate surface area is 309 Å². The molecule has 0 saturated carbocycles. The van der Waals surface area contributed by atoms with Gasteiger partial charge in [0.05, 0.1) is 23.3 Å². The van der Waals surface area contributed by atoms with E-state index in [0.717, 1.165) is 83.0 Å². The highest BCUT2D eigenvalue weighted by atomic mass is 35.5. The molecule has 0 unspecified atom stereocenters. The number of aliphatic hydroxyl groups is 1. The van der Waals surface area contributed by atoms with Gasteiger partial charge in [-0.2, -0.15) is 10.4 Å². The number of H-pyrrole nitrogens is 1. The second kappa shape index (κ2) is 18.0. The van der Waals surface area contributed by atoms with E-state index in [4.69, 9.17) is 25.8 Å². The fraction of sp³-hybridized carbons (Fsp3) is 0.350. The molecule has 1 saturated heterocycles. The van der Waals surface area contributed by atoms with Crippen molar-refractivity contribution in [1.29, 1.82) is 5.26 Å². The fourth-order valence-corrected chi connectivity index (χ4v) is 6.61. The number of likely N-dealkylation sites (tertiary alicyclic amines) is 1. The van der Waals surface area contributed by atoms with Gasteiger partial charge in [0.1, 0.15) is 48.7 Å². The SMILES string of the molecule is Cc1c(COc2cc(OCc3cncc(C#N)c3)c(CNCCc3ncn[nH]3)cc2Cl)cccc1-c1cccc(OCCCN2CC[C@@H](O)C2)c1C. The quantitative estimate of drug-likeness (QED) is 0.0933. The highest BCUT2D eigenvalue weighted by Gasteiger charge is 2.20. The van der Waals surface area contributed by atoms with Crippen LogP contribution < -0.4 is 19.5 Å². The van der Waals surface area contributed by atoms with Gasteiger partial charge in [0.2, 0.25) is 0 Å². The average Bonchev–Trinajstić information content (AvgIpc) is 3.84. The van der Waals surface area contributed by atoms with Crippen LogP contribution in [0.1, 0.15) is 52.0 Å². The summed E-state index contributed by atoms with van der Waals surface area (Å²) in [4.78, 5) is 10.6. The number of nitriles is 1. The van der Waals surface area contributed by atoms with Crippen molar-refractivity contribution in [2.75, 3.05) is 32.8 Å². The lowest BCUT2D eigenvalue weighted by molar-refractivity contribution is 0.173. The van der Waals surface area contributed by atoms with Crippen LogP contribution in [0.5, 0.6) is 17.2 Å². The van der Waals surface area contributed by atoms with E-state index in [1.807, 2.05) is 30.3 Å². The third kappa shape index (κ3) is 9.66. The number of β-amino-alcohol motifs (C(OH)–C–C–N with tert-alkyl or cyclic N) is 1. The molecule has 0 aliphatic carbocycles. The molecule has 0 spiro atoms. The van der Waals surface area contributed by atoms with Crippen molar-refractivity contribution in [1.82, 2.24) is 30.4 Å². The number of hydrogen-bond donors (Lipinski definition) is 3. The molecule has 0 amide bonds. The number of rotatable bonds is 17. The average molecular weight is 722 g/mol. The summed E-state index contributed by atoms with van der Waals surface area (Å²) in [6.07, 6.45) is 6.95. The van der Waals surface area contributed by atoms with Gasteiger partial charge >= 0.3 is 0 Å². The van der Waals surface area contributed by atoms with Crippen molar-refractivity contribution in [3.63, 3.8) is 0 Å². The summed E-state index contributed by atoms with van der Waals surface area (Å²) in [7, 11) is 0. The van der Waals surface area contributed by atoms with Crippen LogP contribution in [-0.2, 0) is 26.2 Å². The van der Waals surface area contributed by atoms with E-state index < -0.39 is 0 Å². The minimum Gasteiger partial charge on any atom is -0.493 e. The van der Waals surface area contributed by atoms with Gasteiger partial charge in [-0.1, -0.05) is 41.9 Å². The largest absolute Gasteiger partial charge is 0.493 e. The number of aliphatic hydroxyl groups excluding tert-OH is 1. The number of nitrogens with one attached hydrogen (secondary N) is 2. The number of benzene rings is 3. The summed E-state index contributed by atoms with van der Waals surface area (Å²) < 4.78 is 18.9. The lowest BCUT2D eigenvalue weighted by atomic mass is 9.93. The lowest BCUT2D eigenvalue weighted by Gasteiger charge is -2.19. The molecule has 1 aliphatic rings. The minimum absolute atomic E-state index is 0.202. The first-order valence-electron chi connectivity index (χ1n) is 17.6. The van der Waals surface area contributed by atoms with Gasteiger partial charge in [-0.05, 0) is 72.7 Å². The monoisotopic (exact) mass is 721 g/mol. The molecule has 11 nitrogen and oxygen atoms in total. The number of hydrogen-bond acceptors (Lipinski definition) is 10. The molecule has 2 aromatic heterocycles. The van der Waals surface area contributed by atoms with Gasteiger partial charge in [-0.15, -0.1) is 0 Å². The lowest BCUT2D eigenvalue weighted by Crippen LogP contribution is -2.24. The summed E-state index contributed by atoms with van der Waals surface area (Å²) in [6, 6.07) is 20.0. The fourth-order valence-electron chi connectivity index (χ4n) is 6.36. The topological polar surface area (TPSA) is 141 Å². The van der Waals surface area contributed by atoms with Crippen molar-refractivity contribution >= 4 is 11.6 Å². The van der Waals surface area contributed by atoms with Gasteiger partial charge in [-0.25, -0.2) is 4.98 Å². The van der Waals surface area contributed by atoms with Crippen LogP contribution in [0.25, 0.3) is 11.1 Å². The predicted molar refractivity (Wildman–Crippen MR) is 199 cm³/mol. The van der Waals surface area contributed by atoms with Crippen LogP contribution in [0, 0.1) is 25.2 Å². The van der Waals surface area contributed by atoms with Crippen LogP contribution in [0.3, 0.4) is 0 Å². The van der Waals surface area contributed by atoms with Crippen LogP contribution >= 0.6 is 11.6 Å². The second-order valence-electron chi connectivity index (χ2n) is 13.0. The first-order valence-corrected chi connectivity index (χ1v) is 17.9. The van der Waals surface area contributed by atoms with E-state index in [1.165, 1.54) is 12.5 Å². The maximum Gasteiger partial charge on any atom is 0.142 e. The van der Waals surface area contributed by atoms with Crippen molar-refractivity contribution in [2.45, 2.75) is 59.0 Å². The maximum absolute atomic E-state index is 9.80. The highest BCUT2D eigenvalue weighted by molar-refractivity contribution is 6.32. The standard InChI is InChI=1S/C40H44ClN7O4/c1-27-31(6-3-7-34(27)35-8-4-9-37(28(35)2)50-15-5-13-48-14-11-33(49)23-48)25-52-39-18-38(51-24-30-16-29(19-42)20-44-21-30)32(17-36(39)41)22-43-12-10-40-45-26-46-47-40/h3-4,6-9,16-18,20-21,26,33,43,49H,5,10-15,22-25H2,1-2H3,(H,45,46,47)/t33-/m1/s1. The maximum atomic E-state index is 9.80. The molecule has 3 N–H and O–H groups in total. The van der Waals surface area contributed by atoms with Crippen LogP contribution in [0.4, 0.5) is 0 Å². The molecule has 270 valence electrons. The molecular formula is C40H44ClN7O4. The Balaban J connectivity index is 1.14. The Kier molecular flexibility index (Phi) is 12.7. The van der Waals surface area contributed by atoms with Crippen LogP contribution in [-0.4, -0.2) is 69.1 Å². The number of pyridine rings is 1. The Hall–Kier alpha value is -4.99. The smallest absolute Gasteiger partial charge is 0.142 e. The molecule has 5 aromatic rings. The number of halogens is 1. The zero-order chi connectivity index (χ0) is 36.3. The molecule has 3 aromatic carbocycles. The zero-order valence-electron chi connectivity index (χ0n) is 29.6. The van der Waals surface area contributed by atoms with Crippen molar-refractivity contribution in [3.8, 4) is 34.4 Å². The molecule has 1 aliphatic heterocycles. The Morgan fingerprint density at radius 2 is 1.81 bits per heavy atom. The van der Waals surface area contributed by atoms with Gasteiger partial charge < -0.3 is 29.5 Å². The third-order valence-electron chi connectivity index (χ3n) is 9.28. The molecule has 1 fully saturated rings. The molecule has 0 bridgehead atoms. The number of aromatic amines is 1. The van der Waals surface area contributed by atoms with E-state index in [9.17, 15) is 10.4 Å². The molecule has 52 heavy (non-hydrogen) atoms. The van der Waals surface area contributed by atoms with E-state index in [-0.39, 0.29) is 12.7 Å². The first-order chi connectivity index (χ1) is 25.4. The van der Waals surface area contributed by atoms with Crippen molar-refractivity contribution in [2.24, 2.45) is 0 Å². The molecule has 0 radical (unpaired) electrons. The van der Waals surface area contributed by atoms with Crippen LogP contribution in [0.2, 0.25) is 5.02 Å².